The van der Waals surface area contributed by atoms with Gasteiger partial charge < -0.3 is 15.1 Å². The highest BCUT2D eigenvalue weighted by Crippen LogP contribution is 2.47. The number of aromatic nitrogens is 1. The molecule has 0 bridgehead atoms. The maximum atomic E-state index is 13.6. The number of amides is 3. The van der Waals surface area contributed by atoms with Crippen molar-refractivity contribution in [1.82, 2.24) is 20.1 Å². The molecule has 1 aromatic rings. The van der Waals surface area contributed by atoms with Gasteiger partial charge in [0.2, 0.25) is 17.7 Å². The summed E-state index contributed by atoms with van der Waals surface area (Å²) >= 11 is 0. The van der Waals surface area contributed by atoms with Crippen molar-refractivity contribution >= 4 is 23.5 Å². The van der Waals surface area contributed by atoms with E-state index in [0.717, 1.165) is 82.9 Å². The predicted octanol–water partition coefficient (Wildman–Crippen LogP) is 4.30. The molecule has 8 heteroatoms. The number of piperidine rings is 1. The van der Waals surface area contributed by atoms with Gasteiger partial charge in [-0.1, -0.05) is 19.9 Å². The normalized spacial score (nSPS) is 29.1. The molecule has 2 saturated carbocycles. The van der Waals surface area contributed by atoms with Crippen LogP contribution in [0, 0.1) is 29.1 Å². The first-order valence-corrected chi connectivity index (χ1v) is 15.5. The molecule has 3 amide bonds. The summed E-state index contributed by atoms with van der Waals surface area (Å²) in [5, 5.41) is 3.31. The Labute approximate surface area is 238 Å². The molecular weight excluding hydrogens is 504 g/mol. The fourth-order valence-electron chi connectivity index (χ4n) is 7.84. The van der Waals surface area contributed by atoms with Gasteiger partial charge in [-0.15, -0.1) is 0 Å². The number of hydrogen-bond donors (Lipinski definition) is 1. The van der Waals surface area contributed by atoms with Crippen LogP contribution in [0.3, 0.4) is 0 Å². The molecule has 3 heterocycles. The number of rotatable bonds is 6. The summed E-state index contributed by atoms with van der Waals surface area (Å²) in [7, 11) is 1.78. The smallest absolute Gasteiger partial charge is 0.228 e. The van der Waals surface area contributed by atoms with Gasteiger partial charge in [0.1, 0.15) is 5.78 Å². The third kappa shape index (κ3) is 5.96. The summed E-state index contributed by atoms with van der Waals surface area (Å²) in [5.74, 6) is 0.609. The number of pyridine rings is 1. The molecule has 2 aliphatic carbocycles. The van der Waals surface area contributed by atoms with Crippen molar-refractivity contribution in [2.45, 2.75) is 96.6 Å². The van der Waals surface area contributed by atoms with Crippen molar-refractivity contribution < 1.29 is 19.2 Å². The molecule has 0 unspecified atom stereocenters. The third-order valence-electron chi connectivity index (χ3n) is 10.5. The fourth-order valence-corrected chi connectivity index (χ4v) is 7.84. The zero-order chi connectivity index (χ0) is 28.4. The molecule has 2 atom stereocenters. The van der Waals surface area contributed by atoms with Crippen LogP contribution in [0.4, 0.5) is 0 Å². The van der Waals surface area contributed by atoms with Crippen LogP contribution in [0.25, 0.3) is 0 Å². The van der Waals surface area contributed by atoms with Crippen molar-refractivity contribution in [3.8, 4) is 0 Å². The lowest BCUT2D eigenvalue weighted by Crippen LogP contribution is -2.48. The van der Waals surface area contributed by atoms with Crippen molar-refractivity contribution in [2.24, 2.45) is 29.1 Å². The van der Waals surface area contributed by atoms with Crippen LogP contribution in [0.2, 0.25) is 0 Å². The number of carbonyl (C=O) groups excluding carboxylic acids is 4. The van der Waals surface area contributed by atoms with Crippen LogP contribution in [0.15, 0.2) is 24.5 Å². The van der Waals surface area contributed by atoms with E-state index in [1.165, 1.54) is 0 Å². The Morgan fingerprint density at radius 2 is 1.65 bits per heavy atom. The highest BCUT2D eigenvalue weighted by atomic mass is 16.2. The van der Waals surface area contributed by atoms with E-state index >= 15 is 0 Å². The summed E-state index contributed by atoms with van der Waals surface area (Å²) in [6.45, 7) is 5.40. The van der Waals surface area contributed by atoms with Crippen LogP contribution in [0.5, 0.6) is 0 Å². The minimum atomic E-state index is -0.367. The van der Waals surface area contributed by atoms with Gasteiger partial charge in [0, 0.05) is 62.7 Å². The van der Waals surface area contributed by atoms with Gasteiger partial charge in [-0.2, -0.15) is 0 Å². The van der Waals surface area contributed by atoms with Crippen molar-refractivity contribution in [3.05, 3.63) is 30.1 Å². The molecule has 40 heavy (non-hydrogen) atoms. The van der Waals surface area contributed by atoms with E-state index in [1.54, 1.807) is 24.3 Å². The zero-order valence-electron chi connectivity index (χ0n) is 24.4. The van der Waals surface area contributed by atoms with Crippen molar-refractivity contribution in [3.63, 3.8) is 0 Å². The van der Waals surface area contributed by atoms with Crippen LogP contribution >= 0.6 is 0 Å². The summed E-state index contributed by atoms with van der Waals surface area (Å²) in [6.07, 6.45) is 13.1. The summed E-state index contributed by atoms with van der Waals surface area (Å²) < 4.78 is 0. The van der Waals surface area contributed by atoms with Crippen LogP contribution in [0.1, 0.15) is 96.1 Å². The Hall–Kier alpha value is -2.77. The Bertz CT molecular complexity index is 1080. The minimum Gasteiger partial charge on any atom is -0.353 e. The fraction of sp³-hybridized carbons (Fsp3) is 0.719. The predicted molar refractivity (Wildman–Crippen MR) is 152 cm³/mol. The molecule has 0 radical (unpaired) electrons. The number of ketones is 1. The van der Waals surface area contributed by atoms with E-state index in [4.69, 9.17) is 0 Å². The average molecular weight is 551 g/mol. The van der Waals surface area contributed by atoms with Gasteiger partial charge >= 0.3 is 0 Å². The van der Waals surface area contributed by atoms with Crippen molar-refractivity contribution in [1.29, 1.82) is 0 Å². The summed E-state index contributed by atoms with van der Waals surface area (Å²) in [6, 6.07) is 3.75. The lowest BCUT2D eigenvalue weighted by atomic mass is 9.65. The minimum absolute atomic E-state index is 0.00868. The highest BCUT2D eigenvalue weighted by molar-refractivity contribution is 5.90. The van der Waals surface area contributed by atoms with Gasteiger partial charge in [0.05, 0.1) is 12.0 Å². The van der Waals surface area contributed by atoms with Gasteiger partial charge in [0.15, 0.2) is 0 Å². The van der Waals surface area contributed by atoms with E-state index < -0.39 is 0 Å². The van der Waals surface area contributed by atoms with Gasteiger partial charge in [0.25, 0.3) is 0 Å². The molecular formula is C32H46N4O4. The number of hydrogen-bond acceptors (Lipinski definition) is 5. The Morgan fingerprint density at radius 3 is 2.25 bits per heavy atom. The monoisotopic (exact) mass is 550 g/mol. The Kier molecular flexibility index (Phi) is 8.62. The molecule has 1 aromatic heterocycles. The largest absolute Gasteiger partial charge is 0.353 e. The first-order chi connectivity index (χ1) is 19.2. The van der Waals surface area contributed by atoms with Gasteiger partial charge in [-0.25, -0.2) is 0 Å². The number of likely N-dealkylation sites (tertiary alicyclic amines) is 2. The highest BCUT2D eigenvalue weighted by Gasteiger charge is 2.47. The molecule has 0 aromatic carbocycles. The van der Waals surface area contributed by atoms with Crippen LogP contribution in [-0.4, -0.2) is 64.5 Å². The number of Topliss-reactive ketones (excluding diaryl/α,β-unsaturated/α-hetero) is 1. The van der Waals surface area contributed by atoms with E-state index in [9.17, 15) is 19.2 Å². The maximum Gasteiger partial charge on any atom is 0.228 e. The zero-order valence-corrected chi connectivity index (χ0v) is 24.4. The van der Waals surface area contributed by atoms with Crippen LogP contribution in [-0.2, 0) is 19.2 Å². The molecule has 2 aliphatic heterocycles. The third-order valence-corrected chi connectivity index (χ3v) is 10.5. The molecule has 5 rings (SSSR count). The topological polar surface area (TPSA) is 99.7 Å². The SMILES string of the molecule is CC(C)C(=O)C1CCC(NC(=O)C2CCC3(CC2)CCN(C(=O)[C@H]2CC(=O)N(C)[C@@H]2c2cccnc2)CC3)CC1. The molecule has 4 aliphatic rings. The number of carbonyl (C=O) groups is 4. The number of nitrogens with zero attached hydrogens (tertiary/aromatic N) is 3. The summed E-state index contributed by atoms with van der Waals surface area (Å²) in [5.41, 5.74) is 1.13. The van der Waals surface area contributed by atoms with Crippen molar-refractivity contribution in [2.75, 3.05) is 20.1 Å². The number of nitrogens with one attached hydrogen (secondary N) is 1. The lowest BCUT2D eigenvalue weighted by Gasteiger charge is -2.46. The van der Waals surface area contributed by atoms with E-state index in [-0.39, 0.29) is 65.3 Å². The molecule has 4 fully saturated rings. The van der Waals surface area contributed by atoms with Crippen LogP contribution < -0.4 is 5.32 Å². The van der Waals surface area contributed by atoms with Gasteiger partial charge in [-0.05, 0) is 81.3 Å². The standard InChI is InChI=1S/C32H46N4O4/c1-21(2)29(38)22-6-8-25(9-7-22)34-30(39)23-10-12-32(13-11-23)14-17-36(18-15-32)31(40)26-19-27(37)35(3)28(26)24-5-4-16-33-20-24/h4-5,16,20-23,25-26,28H,6-15,17-19H2,1-3H3,(H,34,39)/t22?,25?,26-,28+/m0/s1. The second kappa shape index (κ2) is 12.0. The Morgan fingerprint density at radius 1 is 0.975 bits per heavy atom. The van der Waals surface area contributed by atoms with E-state index in [1.807, 2.05) is 30.9 Å². The second-order valence-electron chi connectivity index (χ2n) is 13.3. The molecule has 218 valence electrons. The average Bonchev–Trinajstić information content (AvgIpc) is 3.27. The quantitative estimate of drug-likeness (QED) is 0.569. The first-order valence-electron chi connectivity index (χ1n) is 15.5. The lowest BCUT2D eigenvalue weighted by molar-refractivity contribution is -0.139. The maximum absolute atomic E-state index is 13.6. The van der Waals surface area contributed by atoms with E-state index in [0.29, 0.717) is 5.78 Å². The molecule has 8 nitrogen and oxygen atoms in total. The Balaban J connectivity index is 1.09. The van der Waals surface area contributed by atoms with E-state index in [2.05, 4.69) is 10.3 Å². The molecule has 2 saturated heterocycles. The van der Waals surface area contributed by atoms with Gasteiger partial charge in [-0.3, -0.25) is 24.2 Å². The second-order valence-corrected chi connectivity index (χ2v) is 13.3. The molecule has 1 N–H and O–H groups in total. The molecule has 1 spiro atoms. The first kappa shape index (κ1) is 28.7. The summed E-state index contributed by atoms with van der Waals surface area (Å²) in [4.78, 5) is 59.5.